The van der Waals surface area contributed by atoms with E-state index in [-0.39, 0.29) is 11.8 Å². The van der Waals surface area contributed by atoms with Gasteiger partial charge in [0.1, 0.15) is 6.04 Å². The third-order valence-electron chi connectivity index (χ3n) is 5.19. The molecule has 0 radical (unpaired) electrons. The average Bonchev–Trinajstić information content (AvgIpc) is 2.69. The Morgan fingerprint density at radius 3 is 2.17 bits per heavy atom. The van der Waals surface area contributed by atoms with Gasteiger partial charge < -0.3 is 10.2 Å². The molecule has 1 atom stereocenters. The number of nitrogens with one attached hydrogen (secondary N) is 1. The largest absolute Gasteiger partial charge is 0.354 e. The monoisotopic (exact) mass is 408 g/mol. The molecule has 0 spiro atoms. The van der Waals surface area contributed by atoms with E-state index in [0.29, 0.717) is 31.8 Å². The molecule has 0 fully saturated rings. The number of benzene rings is 2. The Balaban J connectivity index is 2.21. The molecule has 0 bridgehead atoms. The second kappa shape index (κ2) is 11.5. The van der Waals surface area contributed by atoms with Crippen LogP contribution in [0.25, 0.3) is 0 Å². The van der Waals surface area contributed by atoms with E-state index in [0.717, 1.165) is 23.1 Å². The highest BCUT2D eigenvalue weighted by Gasteiger charge is 2.28. The van der Waals surface area contributed by atoms with Crippen LogP contribution >= 0.6 is 0 Å². The zero-order valence-corrected chi connectivity index (χ0v) is 19.1. The Labute approximate surface area is 181 Å². The first-order valence-corrected chi connectivity index (χ1v) is 11.0. The summed E-state index contributed by atoms with van der Waals surface area (Å²) in [4.78, 5) is 28.0. The van der Waals surface area contributed by atoms with Gasteiger partial charge in [0.05, 0.1) is 6.42 Å². The van der Waals surface area contributed by atoms with E-state index >= 15 is 0 Å². The van der Waals surface area contributed by atoms with E-state index in [1.165, 1.54) is 5.56 Å². The number of aryl methyl sites for hydroxylation is 2. The molecule has 0 heterocycles. The van der Waals surface area contributed by atoms with E-state index in [4.69, 9.17) is 0 Å². The number of carbonyl (C=O) groups is 2. The standard InChI is InChI=1S/C26H36N2O2/c1-6-24(26(30)27-18-19(2)3)28(13-12-22-10-8-7-9-11-22)25(29)17-23-15-20(4)14-21(5)16-23/h7-11,14-16,19,24H,6,12-13,17-18H2,1-5H3,(H,27,30)/t24-/m1/s1. The summed E-state index contributed by atoms with van der Waals surface area (Å²) in [5.74, 6) is 0.311. The van der Waals surface area contributed by atoms with Gasteiger partial charge in [-0.05, 0) is 43.7 Å². The summed E-state index contributed by atoms with van der Waals surface area (Å²) in [6.07, 6.45) is 1.63. The highest BCUT2D eigenvalue weighted by Crippen LogP contribution is 2.14. The Bertz CT molecular complexity index is 810. The topological polar surface area (TPSA) is 49.4 Å². The lowest BCUT2D eigenvalue weighted by Crippen LogP contribution is -2.51. The van der Waals surface area contributed by atoms with Gasteiger partial charge in [-0.15, -0.1) is 0 Å². The minimum Gasteiger partial charge on any atom is -0.354 e. The Hall–Kier alpha value is -2.62. The van der Waals surface area contributed by atoms with Crippen molar-refractivity contribution in [3.63, 3.8) is 0 Å². The van der Waals surface area contributed by atoms with Gasteiger partial charge in [0.2, 0.25) is 11.8 Å². The van der Waals surface area contributed by atoms with Gasteiger partial charge in [-0.1, -0.05) is 80.4 Å². The SMILES string of the molecule is CC[C@H](C(=O)NCC(C)C)N(CCc1ccccc1)C(=O)Cc1cc(C)cc(C)c1. The molecule has 0 aliphatic carbocycles. The summed E-state index contributed by atoms with van der Waals surface area (Å²) >= 11 is 0. The van der Waals surface area contributed by atoms with Crippen LogP contribution in [0.1, 0.15) is 49.4 Å². The number of nitrogens with zero attached hydrogens (tertiary/aromatic N) is 1. The first kappa shape index (κ1) is 23.7. The van der Waals surface area contributed by atoms with Gasteiger partial charge in [0, 0.05) is 13.1 Å². The molecule has 162 valence electrons. The highest BCUT2D eigenvalue weighted by atomic mass is 16.2. The predicted molar refractivity (Wildman–Crippen MR) is 123 cm³/mol. The summed E-state index contributed by atoms with van der Waals surface area (Å²) in [5, 5.41) is 3.02. The van der Waals surface area contributed by atoms with E-state index in [9.17, 15) is 9.59 Å². The van der Waals surface area contributed by atoms with E-state index in [2.05, 4.69) is 49.5 Å². The fourth-order valence-electron chi connectivity index (χ4n) is 3.77. The van der Waals surface area contributed by atoms with Gasteiger partial charge in [-0.2, -0.15) is 0 Å². The van der Waals surface area contributed by atoms with Crippen LogP contribution in [-0.2, 0) is 22.4 Å². The van der Waals surface area contributed by atoms with Crippen LogP contribution < -0.4 is 5.32 Å². The van der Waals surface area contributed by atoms with Crippen molar-refractivity contribution in [2.45, 2.75) is 59.9 Å². The van der Waals surface area contributed by atoms with Crippen LogP contribution in [0.2, 0.25) is 0 Å². The van der Waals surface area contributed by atoms with Crippen molar-refractivity contribution in [1.82, 2.24) is 10.2 Å². The molecule has 2 aromatic rings. The lowest BCUT2D eigenvalue weighted by atomic mass is 10.0. The number of rotatable bonds is 10. The van der Waals surface area contributed by atoms with Crippen molar-refractivity contribution in [1.29, 1.82) is 0 Å². The molecule has 4 nitrogen and oxygen atoms in total. The summed E-state index contributed by atoms with van der Waals surface area (Å²) in [6, 6.07) is 15.9. The molecule has 0 aliphatic rings. The molecule has 1 N–H and O–H groups in total. The number of hydrogen-bond donors (Lipinski definition) is 1. The molecule has 0 saturated heterocycles. The second-order valence-corrected chi connectivity index (χ2v) is 8.56. The maximum absolute atomic E-state index is 13.3. The zero-order valence-electron chi connectivity index (χ0n) is 19.1. The molecule has 0 unspecified atom stereocenters. The molecule has 2 aromatic carbocycles. The molecular formula is C26H36N2O2. The van der Waals surface area contributed by atoms with Crippen LogP contribution in [0.3, 0.4) is 0 Å². The normalized spacial score (nSPS) is 11.9. The molecular weight excluding hydrogens is 372 g/mol. The van der Waals surface area contributed by atoms with Crippen molar-refractivity contribution < 1.29 is 9.59 Å². The Kier molecular flexibility index (Phi) is 9.10. The third-order valence-corrected chi connectivity index (χ3v) is 5.19. The molecule has 0 aromatic heterocycles. The van der Waals surface area contributed by atoms with Crippen molar-refractivity contribution in [3.05, 3.63) is 70.8 Å². The van der Waals surface area contributed by atoms with Crippen molar-refractivity contribution >= 4 is 11.8 Å². The van der Waals surface area contributed by atoms with Crippen LogP contribution in [0, 0.1) is 19.8 Å². The van der Waals surface area contributed by atoms with Crippen molar-refractivity contribution in [2.24, 2.45) is 5.92 Å². The van der Waals surface area contributed by atoms with Crippen LogP contribution in [0.5, 0.6) is 0 Å². The smallest absolute Gasteiger partial charge is 0.242 e. The molecule has 2 amide bonds. The van der Waals surface area contributed by atoms with E-state index in [1.807, 2.05) is 39.0 Å². The minimum atomic E-state index is -0.453. The molecule has 0 aliphatic heterocycles. The minimum absolute atomic E-state index is 0.00229. The summed E-state index contributed by atoms with van der Waals surface area (Å²) in [5.41, 5.74) is 4.46. The third kappa shape index (κ3) is 7.33. The maximum Gasteiger partial charge on any atom is 0.242 e. The molecule has 2 rings (SSSR count). The maximum atomic E-state index is 13.3. The predicted octanol–water partition coefficient (Wildman–Crippen LogP) is 4.47. The summed E-state index contributed by atoms with van der Waals surface area (Å²) in [6.45, 7) is 11.3. The first-order valence-electron chi connectivity index (χ1n) is 11.0. The molecule has 0 saturated carbocycles. The van der Waals surface area contributed by atoms with Crippen LogP contribution in [-0.4, -0.2) is 35.8 Å². The lowest BCUT2D eigenvalue weighted by Gasteiger charge is -2.31. The average molecular weight is 409 g/mol. The van der Waals surface area contributed by atoms with Gasteiger partial charge in [0.25, 0.3) is 0 Å². The first-order chi connectivity index (χ1) is 14.3. The van der Waals surface area contributed by atoms with Crippen molar-refractivity contribution in [2.75, 3.05) is 13.1 Å². The van der Waals surface area contributed by atoms with Crippen LogP contribution in [0.4, 0.5) is 0 Å². The van der Waals surface area contributed by atoms with Gasteiger partial charge >= 0.3 is 0 Å². The Morgan fingerprint density at radius 2 is 1.60 bits per heavy atom. The molecule has 30 heavy (non-hydrogen) atoms. The number of amides is 2. The summed E-state index contributed by atoms with van der Waals surface area (Å²) < 4.78 is 0. The summed E-state index contributed by atoms with van der Waals surface area (Å²) in [7, 11) is 0. The molecule has 4 heteroatoms. The van der Waals surface area contributed by atoms with Gasteiger partial charge in [0.15, 0.2) is 0 Å². The van der Waals surface area contributed by atoms with Crippen molar-refractivity contribution in [3.8, 4) is 0 Å². The zero-order chi connectivity index (χ0) is 22.1. The second-order valence-electron chi connectivity index (χ2n) is 8.56. The Morgan fingerprint density at radius 1 is 0.967 bits per heavy atom. The van der Waals surface area contributed by atoms with E-state index in [1.54, 1.807) is 4.90 Å². The highest BCUT2D eigenvalue weighted by molar-refractivity contribution is 5.88. The van der Waals surface area contributed by atoms with Gasteiger partial charge in [-0.25, -0.2) is 0 Å². The quantitative estimate of drug-likeness (QED) is 0.631. The van der Waals surface area contributed by atoms with E-state index < -0.39 is 6.04 Å². The fraction of sp³-hybridized carbons (Fsp3) is 0.462. The number of hydrogen-bond acceptors (Lipinski definition) is 2. The lowest BCUT2D eigenvalue weighted by molar-refractivity contribution is -0.140. The number of carbonyl (C=O) groups excluding carboxylic acids is 2. The van der Waals surface area contributed by atoms with Gasteiger partial charge in [-0.3, -0.25) is 9.59 Å². The van der Waals surface area contributed by atoms with Crippen LogP contribution in [0.15, 0.2) is 48.5 Å². The fourth-order valence-corrected chi connectivity index (χ4v) is 3.77.